The van der Waals surface area contributed by atoms with Crippen LogP contribution in [0.2, 0.25) is 0 Å². The first kappa shape index (κ1) is 13.3. The molecule has 1 aromatic rings. The number of hydrogen-bond acceptors (Lipinski definition) is 5. The third-order valence-electron chi connectivity index (χ3n) is 1.90. The van der Waals surface area contributed by atoms with E-state index in [1.807, 2.05) is 6.92 Å². The van der Waals surface area contributed by atoms with Crippen LogP contribution in [0.25, 0.3) is 0 Å². The lowest BCUT2D eigenvalue weighted by atomic mass is 10.4. The summed E-state index contributed by atoms with van der Waals surface area (Å²) < 4.78 is 0. The number of nitrogen functional groups attached to an aromatic ring is 1. The van der Waals surface area contributed by atoms with Crippen LogP contribution in [0.1, 0.15) is 29.9 Å². The van der Waals surface area contributed by atoms with Gasteiger partial charge in [-0.1, -0.05) is 11.3 Å². The van der Waals surface area contributed by atoms with Crippen molar-refractivity contribution in [3.63, 3.8) is 0 Å². The SMILES string of the molecule is CC#CCCNC(=O)c1sc(NCC)nc1N. The number of nitrogens with two attached hydrogens (primary N) is 1. The summed E-state index contributed by atoms with van der Waals surface area (Å²) in [4.78, 5) is 16.3. The Bertz CT molecular complexity index is 444. The summed E-state index contributed by atoms with van der Waals surface area (Å²) >= 11 is 1.26. The van der Waals surface area contributed by atoms with Crippen LogP contribution in [0.15, 0.2) is 0 Å². The van der Waals surface area contributed by atoms with Gasteiger partial charge in [-0.3, -0.25) is 4.79 Å². The molecule has 17 heavy (non-hydrogen) atoms. The van der Waals surface area contributed by atoms with E-state index in [9.17, 15) is 4.79 Å². The molecule has 1 rings (SSSR count). The molecule has 0 radical (unpaired) electrons. The second kappa shape index (κ2) is 6.76. The Balaban J connectivity index is 2.57. The van der Waals surface area contributed by atoms with Crippen molar-refractivity contribution >= 4 is 28.2 Å². The van der Waals surface area contributed by atoms with E-state index in [4.69, 9.17) is 5.73 Å². The first-order chi connectivity index (χ1) is 8.19. The molecule has 0 aliphatic carbocycles. The molecule has 4 N–H and O–H groups in total. The maximum atomic E-state index is 11.7. The normalized spacial score (nSPS) is 9.29. The van der Waals surface area contributed by atoms with Gasteiger partial charge in [-0.25, -0.2) is 4.98 Å². The zero-order valence-corrected chi connectivity index (χ0v) is 10.8. The summed E-state index contributed by atoms with van der Waals surface area (Å²) in [7, 11) is 0. The maximum Gasteiger partial charge on any atom is 0.265 e. The van der Waals surface area contributed by atoms with Gasteiger partial charge in [-0.15, -0.1) is 11.8 Å². The van der Waals surface area contributed by atoms with Crippen molar-refractivity contribution < 1.29 is 4.79 Å². The number of rotatable bonds is 5. The lowest BCUT2D eigenvalue weighted by Crippen LogP contribution is -2.24. The fourth-order valence-electron chi connectivity index (χ4n) is 1.17. The quantitative estimate of drug-likeness (QED) is 0.545. The van der Waals surface area contributed by atoms with E-state index in [-0.39, 0.29) is 11.7 Å². The van der Waals surface area contributed by atoms with E-state index in [0.717, 1.165) is 6.54 Å². The standard InChI is InChI=1S/C11H16N4OS/c1-3-5-6-7-14-10(16)8-9(12)15-11(17-8)13-4-2/h4,6-7,12H2,1-2H3,(H,13,15)(H,14,16). The average molecular weight is 252 g/mol. The van der Waals surface area contributed by atoms with Gasteiger partial charge < -0.3 is 16.4 Å². The molecular weight excluding hydrogens is 236 g/mol. The molecule has 1 aromatic heterocycles. The van der Waals surface area contributed by atoms with Crippen molar-refractivity contribution in [1.29, 1.82) is 0 Å². The van der Waals surface area contributed by atoms with E-state index < -0.39 is 0 Å². The van der Waals surface area contributed by atoms with Gasteiger partial charge in [0.25, 0.3) is 5.91 Å². The van der Waals surface area contributed by atoms with Crippen molar-refractivity contribution in [1.82, 2.24) is 10.3 Å². The van der Waals surface area contributed by atoms with Gasteiger partial charge >= 0.3 is 0 Å². The smallest absolute Gasteiger partial charge is 0.265 e. The minimum atomic E-state index is -0.193. The molecular formula is C11H16N4OS. The first-order valence-electron chi connectivity index (χ1n) is 5.37. The average Bonchev–Trinajstić information content (AvgIpc) is 2.66. The summed E-state index contributed by atoms with van der Waals surface area (Å²) in [6.45, 7) is 5.00. The molecule has 0 saturated heterocycles. The van der Waals surface area contributed by atoms with Crippen LogP contribution in [-0.4, -0.2) is 24.0 Å². The Hall–Kier alpha value is -1.74. The van der Waals surface area contributed by atoms with Crippen molar-refractivity contribution in [2.45, 2.75) is 20.3 Å². The number of anilines is 2. The molecule has 92 valence electrons. The van der Waals surface area contributed by atoms with Crippen LogP contribution in [0.5, 0.6) is 0 Å². The molecule has 0 atom stereocenters. The molecule has 0 spiro atoms. The Morgan fingerprint density at radius 3 is 3.00 bits per heavy atom. The summed E-state index contributed by atoms with van der Waals surface area (Å²) in [6.07, 6.45) is 0.640. The zero-order chi connectivity index (χ0) is 12.7. The molecule has 0 unspecified atom stereocenters. The minimum Gasteiger partial charge on any atom is -0.382 e. The number of hydrogen-bond donors (Lipinski definition) is 3. The van der Waals surface area contributed by atoms with Crippen molar-refractivity contribution in [2.24, 2.45) is 0 Å². The summed E-state index contributed by atoms with van der Waals surface area (Å²) in [5.74, 6) is 5.72. The summed E-state index contributed by atoms with van der Waals surface area (Å²) in [5.41, 5.74) is 5.67. The molecule has 5 nitrogen and oxygen atoms in total. The number of aromatic nitrogens is 1. The van der Waals surface area contributed by atoms with Gasteiger partial charge in [-0.2, -0.15) is 0 Å². The van der Waals surface area contributed by atoms with Crippen molar-refractivity contribution in [3.8, 4) is 11.8 Å². The minimum absolute atomic E-state index is 0.193. The fraction of sp³-hybridized carbons (Fsp3) is 0.455. The molecule has 0 aliphatic rings. The number of nitrogens with one attached hydrogen (secondary N) is 2. The number of carbonyl (C=O) groups is 1. The predicted molar refractivity (Wildman–Crippen MR) is 71.1 cm³/mol. The molecule has 1 amide bonds. The largest absolute Gasteiger partial charge is 0.382 e. The zero-order valence-electron chi connectivity index (χ0n) is 9.96. The lowest BCUT2D eigenvalue weighted by molar-refractivity contribution is 0.0959. The number of nitrogens with zero attached hydrogens (tertiary/aromatic N) is 1. The highest BCUT2D eigenvalue weighted by Gasteiger charge is 2.15. The maximum absolute atomic E-state index is 11.7. The highest BCUT2D eigenvalue weighted by molar-refractivity contribution is 7.18. The third-order valence-corrected chi connectivity index (χ3v) is 2.93. The van der Waals surface area contributed by atoms with Gasteiger partial charge in [0.15, 0.2) is 5.13 Å². The van der Waals surface area contributed by atoms with Gasteiger partial charge in [0, 0.05) is 19.5 Å². The van der Waals surface area contributed by atoms with Gasteiger partial charge in [0.1, 0.15) is 10.7 Å². The van der Waals surface area contributed by atoms with E-state index in [0.29, 0.717) is 23.0 Å². The van der Waals surface area contributed by atoms with E-state index in [1.165, 1.54) is 11.3 Å². The number of thiazole rings is 1. The van der Waals surface area contributed by atoms with Crippen LogP contribution < -0.4 is 16.4 Å². The van der Waals surface area contributed by atoms with Crippen LogP contribution in [0.4, 0.5) is 10.9 Å². The molecule has 0 aliphatic heterocycles. The van der Waals surface area contributed by atoms with Crippen LogP contribution >= 0.6 is 11.3 Å². The van der Waals surface area contributed by atoms with Crippen LogP contribution in [0.3, 0.4) is 0 Å². The lowest BCUT2D eigenvalue weighted by Gasteiger charge is -2.00. The predicted octanol–water partition coefficient (Wildman–Crippen LogP) is 1.30. The fourth-order valence-corrected chi connectivity index (χ4v) is 2.03. The number of amides is 1. The topological polar surface area (TPSA) is 80.0 Å². The van der Waals surface area contributed by atoms with Gasteiger partial charge in [0.05, 0.1) is 0 Å². The van der Waals surface area contributed by atoms with Crippen LogP contribution in [-0.2, 0) is 0 Å². The van der Waals surface area contributed by atoms with Crippen molar-refractivity contribution in [3.05, 3.63) is 4.88 Å². The van der Waals surface area contributed by atoms with E-state index in [1.54, 1.807) is 6.92 Å². The molecule has 0 fully saturated rings. The molecule has 6 heteroatoms. The van der Waals surface area contributed by atoms with Gasteiger partial charge in [-0.05, 0) is 13.8 Å². The molecule has 0 bridgehead atoms. The molecule has 0 saturated carbocycles. The Labute approximate surface area is 105 Å². The Morgan fingerprint density at radius 2 is 2.35 bits per heavy atom. The number of carbonyl (C=O) groups excluding carboxylic acids is 1. The highest BCUT2D eigenvalue weighted by Crippen LogP contribution is 2.24. The Morgan fingerprint density at radius 1 is 1.59 bits per heavy atom. The second-order valence-corrected chi connectivity index (χ2v) is 4.20. The first-order valence-corrected chi connectivity index (χ1v) is 6.18. The monoisotopic (exact) mass is 252 g/mol. The highest BCUT2D eigenvalue weighted by atomic mass is 32.1. The van der Waals surface area contributed by atoms with Crippen LogP contribution in [0, 0.1) is 11.8 Å². The molecule has 1 heterocycles. The van der Waals surface area contributed by atoms with E-state index >= 15 is 0 Å². The second-order valence-electron chi connectivity index (χ2n) is 3.20. The Kier molecular flexibility index (Phi) is 5.30. The summed E-state index contributed by atoms with van der Waals surface area (Å²) in [5, 5.41) is 6.45. The van der Waals surface area contributed by atoms with Crippen molar-refractivity contribution in [2.75, 3.05) is 24.1 Å². The van der Waals surface area contributed by atoms with Gasteiger partial charge in [0.2, 0.25) is 0 Å². The molecule has 0 aromatic carbocycles. The third kappa shape index (κ3) is 3.96. The van der Waals surface area contributed by atoms with E-state index in [2.05, 4.69) is 27.5 Å². The summed E-state index contributed by atoms with van der Waals surface area (Å²) in [6, 6.07) is 0.